The summed E-state index contributed by atoms with van der Waals surface area (Å²) in [6.07, 6.45) is 2.29. The molecule has 0 unspecified atom stereocenters. The molecule has 0 heterocycles. The lowest BCUT2D eigenvalue weighted by Gasteiger charge is -2.30. The van der Waals surface area contributed by atoms with Crippen molar-refractivity contribution in [2.24, 2.45) is 0 Å². The molecule has 0 amide bonds. The SMILES string of the molecule is CC(C)(NC1Cc2ccccc2C1)c1ccccc1. The molecule has 1 aliphatic rings. The van der Waals surface area contributed by atoms with E-state index in [4.69, 9.17) is 0 Å². The Hall–Kier alpha value is -1.60. The van der Waals surface area contributed by atoms with Gasteiger partial charge in [-0.3, -0.25) is 0 Å². The third-order valence-electron chi connectivity index (χ3n) is 4.11. The first-order valence-electron chi connectivity index (χ1n) is 7.05. The van der Waals surface area contributed by atoms with E-state index in [1.54, 1.807) is 0 Å². The molecule has 1 nitrogen and oxygen atoms in total. The summed E-state index contributed by atoms with van der Waals surface area (Å²) < 4.78 is 0. The predicted octanol–water partition coefficient (Wildman–Crippen LogP) is 3.68. The monoisotopic (exact) mass is 251 g/mol. The van der Waals surface area contributed by atoms with E-state index in [9.17, 15) is 0 Å². The molecule has 98 valence electrons. The van der Waals surface area contributed by atoms with Gasteiger partial charge in [-0.1, -0.05) is 54.6 Å². The number of rotatable bonds is 3. The van der Waals surface area contributed by atoms with Gasteiger partial charge < -0.3 is 5.32 Å². The van der Waals surface area contributed by atoms with Crippen LogP contribution in [0.1, 0.15) is 30.5 Å². The van der Waals surface area contributed by atoms with Crippen LogP contribution in [0, 0.1) is 0 Å². The lowest BCUT2D eigenvalue weighted by Crippen LogP contribution is -2.44. The van der Waals surface area contributed by atoms with Crippen molar-refractivity contribution in [3.8, 4) is 0 Å². The Morgan fingerprint density at radius 2 is 1.37 bits per heavy atom. The van der Waals surface area contributed by atoms with Gasteiger partial charge in [0.05, 0.1) is 0 Å². The molecule has 1 N–H and O–H groups in total. The zero-order valence-corrected chi connectivity index (χ0v) is 11.7. The third kappa shape index (κ3) is 2.57. The fraction of sp³-hybridized carbons (Fsp3) is 0.333. The second kappa shape index (κ2) is 4.82. The highest BCUT2D eigenvalue weighted by molar-refractivity contribution is 5.34. The third-order valence-corrected chi connectivity index (χ3v) is 4.11. The van der Waals surface area contributed by atoms with Crippen LogP contribution in [0.4, 0.5) is 0 Å². The van der Waals surface area contributed by atoms with Crippen molar-refractivity contribution in [2.75, 3.05) is 0 Å². The summed E-state index contributed by atoms with van der Waals surface area (Å²) >= 11 is 0. The summed E-state index contributed by atoms with van der Waals surface area (Å²) in [4.78, 5) is 0. The highest BCUT2D eigenvalue weighted by Crippen LogP contribution is 2.26. The summed E-state index contributed by atoms with van der Waals surface area (Å²) in [6, 6.07) is 20.1. The van der Waals surface area contributed by atoms with Crippen molar-refractivity contribution < 1.29 is 0 Å². The van der Waals surface area contributed by atoms with E-state index >= 15 is 0 Å². The van der Waals surface area contributed by atoms with Gasteiger partial charge in [0.15, 0.2) is 0 Å². The Labute approximate surface area is 115 Å². The van der Waals surface area contributed by atoms with Gasteiger partial charge in [-0.05, 0) is 43.4 Å². The molecule has 0 aliphatic heterocycles. The maximum atomic E-state index is 3.82. The highest BCUT2D eigenvalue weighted by atomic mass is 15.0. The molecule has 19 heavy (non-hydrogen) atoms. The van der Waals surface area contributed by atoms with Gasteiger partial charge >= 0.3 is 0 Å². The Balaban J connectivity index is 1.74. The molecule has 2 aromatic rings. The molecule has 3 rings (SSSR count). The van der Waals surface area contributed by atoms with Crippen molar-refractivity contribution >= 4 is 0 Å². The number of benzene rings is 2. The van der Waals surface area contributed by atoms with Gasteiger partial charge in [0.25, 0.3) is 0 Å². The Morgan fingerprint density at radius 3 is 1.95 bits per heavy atom. The van der Waals surface area contributed by atoms with E-state index in [1.165, 1.54) is 16.7 Å². The fourth-order valence-corrected chi connectivity index (χ4v) is 3.11. The molecular weight excluding hydrogens is 230 g/mol. The number of hydrogen-bond donors (Lipinski definition) is 1. The molecule has 0 fully saturated rings. The van der Waals surface area contributed by atoms with E-state index < -0.39 is 0 Å². The molecule has 1 aliphatic carbocycles. The van der Waals surface area contributed by atoms with Gasteiger partial charge in [0.1, 0.15) is 0 Å². The summed E-state index contributed by atoms with van der Waals surface area (Å²) in [6.45, 7) is 4.54. The number of hydrogen-bond acceptors (Lipinski definition) is 1. The predicted molar refractivity (Wildman–Crippen MR) is 80.2 cm³/mol. The van der Waals surface area contributed by atoms with Gasteiger partial charge in [-0.25, -0.2) is 0 Å². The standard InChI is InChI=1S/C18H21N/c1-18(2,16-10-4-3-5-11-16)19-17-12-14-8-6-7-9-15(14)13-17/h3-11,17,19H,12-13H2,1-2H3. The zero-order valence-electron chi connectivity index (χ0n) is 11.7. The minimum absolute atomic E-state index is 0.0218. The average molecular weight is 251 g/mol. The summed E-state index contributed by atoms with van der Waals surface area (Å²) in [5.41, 5.74) is 4.38. The van der Waals surface area contributed by atoms with Gasteiger partial charge in [-0.15, -0.1) is 0 Å². The fourth-order valence-electron chi connectivity index (χ4n) is 3.11. The van der Waals surface area contributed by atoms with Gasteiger partial charge in [0.2, 0.25) is 0 Å². The molecule has 0 bridgehead atoms. The van der Waals surface area contributed by atoms with Crippen molar-refractivity contribution in [3.05, 3.63) is 71.3 Å². The van der Waals surface area contributed by atoms with Crippen LogP contribution in [0.5, 0.6) is 0 Å². The first kappa shape index (κ1) is 12.4. The second-order valence-corrected chi connectivity index (χ2v) is 6.01. The van der Waals surface area contributed by atoms with Crippen LogP contribution < -0.4 is 5.32 Å². The molecular formula is C18H21N. The van der Waals surface area contributed by atoms with Crippen molar-refractivity contribution in [2.45, 2.75) is 38.3 Å². The molecule has 1 heteroatoms. The highest BCUT2D eigenvalue weighted by Gasteiger charge is 2.28. The molecule has 0 saturated carbocycles. The molecule has 0 atom stereocenters. The minimum atomic E-state index is 0.0218. The van der Waals surface area contributed by atoms with Crippen LogP contribution in [0.3, 0.4) is 0 Å². The van der Waals surface area contributed by atoms with Crippen LogP contribution in [0.2, 0.25) is 0 Å². The number of fused-ring (bicyclic) bond motifs is 1. The van der Waals surface area contributed by atoms with Crippen LogP contribution >= 0.6 is 0 Å². The molecule has 0 saturated heterocycles. The smallest absolute Gasteiger partial charge is 0.0379 e. The van der Waals surface area contributed by atoms with E-state index in [1.807, 2.05) is 0 Å². The summed E-state index contributed by atoms with van der Waals surface area (Å²) in [7, 11) is 0. The van der Waals surface area contributed by atoms with E-state index in [0.717, 1.165) is 12.8 Å². The van der Waals surface area contributed by atoms with E-state index in [0.29, 0.717) is 6.04 Å². The Morgan fingerprint density at radius 1 is 0.842 bits per heavy atom. The average Bonchev–Trinajstić information content (AvgIpc) is 2.81. The first-order valence-corrected chi connectivity index (χ1v) is 7.05. The summed E-state index contributed by atoms with van der Waals surface area (Å²) in [5, 5.41) is 3.82. The zero-order chi connectivity index (χ0) is 13.3. The second-order valence-electron chi connectivity index (χ2n) is 6.01. The van der Waals surface area contributed by atoms with Crippen LogP contribution in [0.15, 0.2) is 54.6 Å². The van der Waals surface area contributed by atoms with E-state index in [-0.39, 0.29) is 5.54 Å². The normalized spacial score (nSPS) is 15.5. The van der Waals surface area contributed by atoms with Gasteiger partial charge in [-0.2, -0.15) is 0 Å². The minimum Gasteiger partial charge on any atom is -0.304 e. The quantitative estimate of drug-likeness (QED) is 0.877. The maximum absolute atomic E-state index is 3.82. The largest absolute Gasteiger partial charge is 0.304 e. The number of nitrogens with one attached hydrogen (secondary N) is 1. The Bertz CT molecular complexity index is 532. The van der Waals surface area contributed by atoms with Crippen LogP contribution in [-0.2, 0) is 18.4 Å². The summed E-state index contributed by atoms with van der Waals surface area (Å²) in [5.74, 6) is 0. The molecule has 0 spiro atoms. The lowest BCUT2D eigenvalue weighted by molar-refractivity contribution is 0.345. The van der Waals surface area contributed by atoms with Crippen molar-refractivity contribution in [3.63, 3.8) is 0 Å². The molecule has 0 radical (unpaired) electrons. The topological polar surface area (TPSA) is 12.0 Å². The van der Waals surface area contributed by atoms with Crippen LogP contribution in [-0.4, -0.2) is 6.04 Å². The van der Waals surface area contributed by atoms with E-state index in [2.05, 4.69) is 73.8 Å². The van der Waals surface area contributed by atoms with Crippen LogP contribution in [0.25, 0.3) is 0 Å². The first-order chi connectivity index (χ1) is 9.15. The molecule has 0 aromatic heterocycles. The maximum Gasteiger partial charge on any atom is 0.0379 e. The van der Waals surface area contributed by atoms with Crippen molar-refractivity contribution in [1.29, 1.82) is 0 Å². The Kier molecular flexibility index (Phi) is 3.16. The van der Waals surface area contributed by atoms with Crippen molar-refractivity contribution in [1.82, 2.24) is 5.32 Å². The lowest BCUT2D eigenvalue weighted by atomic mass is 9.93. The van der Waals surface area contributed by atoms with Gasteiger partial charge in [0, 0.05) is 11.6 Å². The molecule has 2 aromatic carbocycles.